The SMILES string of the molecule is CCc1ocnc1C(=O)N(c1cc(F)c(OC2CC3CC3C2)c(F)c1)N1CCCCCC1. The smallest absolute Gasteiger partial charge is 0.295 e. The molecule has 32 heavy (non-hydrogen) atoms. The zero-order chi connectivity index (χ0) is 22.2. The number of benzene rings is 1. The molecule has 0 N–H and O–H groups in total. The van der Waals surface area contributed by atoms with E-state index in [9.17, 15) is 4.79 Å². The molecule has 6 nitrogen and oxygen atoms in total. The summed E-state index contributed by atoms with van der Waals surface area (Å²) in [6.45, 7) is 3.11. The van der Waals surface area contributed by atoms with E-state index in [1.807, 2.05) is 11.9 Å². The van der Waals surface area contributed by atoms with Gasteiger partial charge in [-0.05, 0) is 43.9 Å². The van der Waals surface area contributed by atoms with E-state index in [4.69, 9.17) is 9.15 Å². The minimum absolute atomic E-state index is 0.138. The van der Waals surface area contributed by atoms with Gasteiger partial charge in [-0.25, -0.2) is 23.8 Å². The fourth-order valence-corrected chi connectivity index (χ4v) is 5.16. The number of carbonyl (C=O) groups is 1. The van der Waals surface area contributed by atoms with Crippen molar-refractivity contribution in [1.29, 1.82) is 0 Å². The van der Waals surface area contributed by atoms with Crippen LogP contribution >= 0.6 is 0 Å². The number of aromatic nitrogens is 1. The highest BCUT2D eigenvalue weighted by Gasteiger charge is 2.47. The minimum atomic E-state index is -0.788. The van der Waals surface area contributed by atoms with Crippen LogP contribution in [0.15, 0.2) is 22.9 Å². The Morgan fingerprint density at radius 2 is 1.78 bits per heavy atom. The molecule has 2 atom stereocenters. The van der Waals surface area contributed by atoms with Crippen molar-refractivity contribution in [2.45, 2.75) is 64.4 Å². The summed E-state index contributed by atoms with van der Waals surface area (Å²) in [5, 5.41) is 3.23. The van der Waals surface area contributed by atoms with Gasteiger partial charge in [0.05, 0.1) is 11.8 Å². The first-order valence-electron chi connectivity index (χ1n) is 11.7. The van der Waals surface area contributed by atoms with Crippen LogP contribution in [-0.2, 0) is 6.42 Å². The number of carbonyl (C=O) groups excluding carboxylic acids is 1. The van der Waals surface area contributed by atoms with Crippen LogP contribution < -0.4 is 9.75 Å². The number of hydrogen-bond donors (Lipinski definition) is 0. The number of halogens is 2. The van der Waals surface area contributed by atoms with Crippen molar-refractivity contribution in [2.75, 3.05) is 18.1 Å². The molecule has 0 radical (unpaired) electrons. The second kappa shape index (κ2) is 8.81. The van der Waals surface area contributed by atoms with Crippen LogP contribution in [0.2, 0.25) is 0 Å². The maximum atomic E-state index is 15.1. The van der Waals surface area contributed by atoms with E-state index in [1.165, 1.54) is 30.0 Å². The quantitative estimate of drug-likeness (QED) is 0.617. The Labute approximate surface area is 186 Å². The Morgan fingerprint density at radius 1 is 1.12 bits per heavy atom. The van der Waals surface area contributed by atoms with Crippen LogP contribution in [0.25, 0.3) is 0 Å². The van der Waals surface area contributed by atoms with Gasteiger partial charge in [0, 0.05) is 31.6 Å². The highest BCUT2D eigenvalue weighted by molar-refractivity contribution is 6.04. The molecule has 1 aromatic carbocycles. The lowest BCUT2D eigenvalue weighted by molar-refractivity contribution is 0.0889. The Bertz CT molecular complexity index is 954. The first-order chi connectivity index (χ1) is 15.5. The van der Waals surface area contributed by atoms with Gasteiger partial charge < -0.3 is 9.15 Å². The summed E-state index contributed by atoms with van der Waals surface area (Å²) in [5.74, 6) is -0.614. The summed E-state index contributed by atoms with van der Waals surface area (Å²) in [4.78, 5) is 17.6. The third-order valence-electron chi connectivity index (χ3n) is 6.93. The molecule has 2 aromatic rings. The van der Waals surface area contributed by atoms with Crippen LogP contribution in [0.4, 0.5) is 14.5 Å². The molecule has 3 aliphatic rings. The van der Waals surface area contributed by atoms with Gasteiger partial charge in [-0.1, -0.05) is 19.8 Å². The summed E-state index contributed by atoms with van der Waals surface area (Å²) in [7, 11) is 0. The number of hydrogen-bond acceptors (Lipinski definition) is 5. The molecule has 1 saturated heterocycles. The van der Waals surface area contributed by atoms with E-state index in [0.29, 0.717) is 37.1 Å². The Balaban J connectivity index is 1.46. The number of hydrazine groups is 1. The van der Waals surface area contributed by atoms with Crippen molar-refractivity contribution in [3.05, 3.63) is 41.6 Å². The summed E-state index contributed by atoms with van der Waals surface area (Å²) in [5.41, 5.74) is 0.307. The molecule has 5 rings (SSSR count). The average Bonchev–Trinajstić information content (AvgIpc) is 3.23. The fraction of sp³-hybridized carbons (Fsp3) is 0.583. The van der Waals surface area contributed by atoms with E-state index in [-0.39, 0.29) is 23.2 Å². The lowest BCUT2D eigenvalue weighted by Crippen LogP contribution is -2.48. The van der Waals surface area contributed by atoms with E-state index in [2.05, 4.69) is 4.98 Å². The zero-order valence-corrected chi connectivity index (χ0v) is 18.4. The standard InChI is InChI=1S/C24H29F2N3O3/c1-2-21-22(27-14-31-21)24(30)29(28-7-5-3-4-6-8-28)17-12-19(25)23(20(26)13-17)32-18-10-15-9-16(15)11-18/h12-16,18H,2-11H2,1H3. The Kier molecular flexibility index (Phi) is 5.88. The number of fused-ring (bicyclic) bond motifs is 1. The van der Waals surface area contributed by atoms with Gasteiger partial charge in [0.25, 0.3) is 5.91 Å². The van der Waals surface area contributed by atoms with Crippen molar-refractivity contribution < 1.29 is 22.7 Å². The van der Waals surface area contributed by atoms with Gasteiger partial charge >= 0.3 is 0 Å². The molecule has 0 bridgehead atoms. The first-order valence-corrected chi connectivity index (χ1v) is 11.7. The molecule has 1 aliphatic heterocycles. The topological polar surface area (TPSA) is 58.8 Å². The molecule has 2 saturated carbocycles. The normalized spacial score (nSPS) is 25.3. The number of anilines is 1. The van der Waals surface area contributed by atoms with Crippen LogP contribution in [0.1, 0.15) is 68.1 Å². The van der Waals surface area contributed by atoms with Crippen LogP contribution in [0.3, 0.4) is 0 Å². The van der Waals surface area contributed by atoms with Crippen LogP contribution in [0, 0.1) is 23.5 Å². The molecule has 1 aromatic heterocycles. The third kappa shape index (κ3) is 4.12. The maximum Gasteiger partial charge on any atom is 0.295 e. The van der Waals surface area contributed by atoms with E-state index in [0.717, 1.165) is 38.5 Å². The van der Waals surface area contributed by atoms with E-state index < -0.39 is 17.5 Å². The highest BCUT2D eigenvalue weighted by atomic mass is 19.1. The molecule has 2 aliphatic carbocycles. The second-order valence-electron chi connectivity index (χ2n) is 9.17. The first kappa shape index (κ1) is 21.4. The van der Waals surface area contributed by atoms with Gasteiger partial charge in [0.1, 0.15) is 5.76 Å². The average molecular weight is 446 g/mol. The summed E-state index contributed by atoms with van der Waals surface area (Å²) >= 11 is 0. The molecular formula is C24H29F2N3O3. The Hall–Kier alpha value is -2.48. The van der Waals surface area contributed by atoms with E-state index in [1.54, 1.807) is 0 Å². The van der Waals surface area contributed by atoms with Crippen LogP contribution in [0.5, 0.6) is 5.75 Å². The van der Waals surface area contributed by atoms with Gasteiger partial charge in [0.2, 0.25) is 0 Å². The van der Waals surface area contributed by atoms with Crippen molar-refractivity contribution in [2.24, 2.45) is 11.8 Å². The number of oxazole rings is 1. The van der Waals surface area contributed by atoms with Gasteiger partial charge in [-0.3, -0.25) is 4.79 Å². The summed E-state index contributed by atoms with van der Waals surface area (Å²) < 4.78 is 41.2. The molecule has 1 amide bonds. The number of ether oxygens (including phenoxy) is 1. The van der Waals surface area contributed by atoms with Crippen molar-refractivity contribution in [3.8, 4) is 5.75 Å². The summed E-state index contributed by atoms with van der Waals surface area (Å²) in [6, 6.07) is 2.39. The highest BCUT2D eigenvalue weighted by Crippen LogP contribution is 2.52. The molecular weight excluding hydrogens is 416 g/mol. The van der Waals surface area contributed by atoms with Crippen molar-refractivity contribution >= 4 is 11.6 Å². The van der Waals surface area contributed by atoms with Crippen molar-refractivity contribution in [1.82, 2.24) is 9.99 Å². The molecule has 8 heteroatoms. The van der Waals surface area contributed by atoms with Crippen molar-refractivity contribution in [3.63, 3.8) is 0 Å². The van der Waals surface area contributed by atoms with Gasteiger partial charge in [-0.15, -0.1) is 0 Å². The lowest BCUT2D eigenvalue weighted by Gasteiger charge is -2.34. The predicted molar refractivity (Wildman–Crippen MR) is 114 cm³/mol. The van der Waals surface area contributed by atoms with E-state index >= 15 is 8.78 Å². The minimum Gasteiger partial charge on any atom is -0.484 e. The van der Waals surface area contributed by atoms with Gasteiger partial charge in [-0.2, -0.15) is 0 Å². The number of rotatable bonds is 6. The zero-order valence-electron chi connectivity index (χ0n) is 18.4. The number of nitrogens with zero attached hydrogens (tertiary/aromatic N) is 3. The predicted octanol–water partition coefficient (Wildman–Crippen LogP) is 5.13. The number of amides is 1. The Morgan fingerprint density at radius 3 is 2.41 bits per heavy atom. The second-order valence-corrected chi connectivity index (χ2v) is 9.17. The van der Waals surface area contributed by atoms with Crippen LogP contribution in [-0.4, -0.2) is 35.1 Å². The molecule has 2 unspecified atom stereocenters. The summed E-state index contributed by atoms with van der Waals surface area (Å²) in [6.07, 6.45) is 8.43. The molecule has 3 fully saturated rings. The molecule has 2 heterocycles. The largest absolute Gasteiger partial charge is 0.484 e. The lowest BCUT2D eigenvalue weighted by atomic mass is 10.2. The third-order valence-corrected chi connectivity index (χ3v) is 6.93. The monoisotopic (exact) mass is 445 g/mol. The molecule has 172 valence electrons. The van der Waals surface area contributed by atoms with Gasteiger partial charge in [0.15, 0.2) is 29.5 Å². The fourth-order valence-electron chi connectivity index (χ4n) is 5.16. The molecule has 0 spiro atoms. The number of aryl methyl sites for hydroxylation is 1. The maximum absolute atomic E-state index is 15.1.